The number of nitrogens with one attached hydrogen (secondary N) is 3. The van der Waals surface area contributed by atoms with Gasteiger partial charge in [-0.25, -0.2) is 4.39 Å². The molecule has 0 saturated carbocycles. The highest BCUT2D eigenvalue weighted by atomic mass is 19.4. The van der Waals surface area contributed by atoms with Gasteiger partial charge >= 0.3 is 12.1 Å². The first-order valence-electron chi connectivity index (χ1n) is 14.1. The van der Waals surface area contributed by atoms with Crippen LogP contribution < -0.4 is 21.7 Å². The molecule has 1 aliphatic heterocycles. The van der Waals surface area contributed by atoms with E-state index in [1.165, 1.54) is 29.5 Å². The molecule has 0 saturated heterocycles. The van der Waals surface area contributed by atoms with Gasteiger partial charge in [0.2, 0.25) is 11.9 Å². The number of benzene rings is 1. The number of hydrazine groups is 2. The minimum atomic E-state index is -4.56. The molecule has 12 nitrogen and oxygen atoms in total. The Morgan fingerprint density at radius 1 is 1.11 bits per heavy atom. The number of nitrogens with zero attached hydrogens (tertiary/aromatic N) is 4. The second kappa shape index (κ2) is 14.8. The highest BCUT2D eigenvalue weighted by molar-refractivity contribution is 5.96. The summed E-state index contributed by atoms with van der Waals surface area (Å²) in [5.41, 5.74) is 0.615. The lowest BCUT2D eigenvalue weighted by Gasteiger charge is -2.22. The first-order chi connectivity index (χ1) is 22.2. The molecule has 0 fully saturated rings. The lowest BCUT2D eigenvalue weighted by Crippen LogP contribution is -2.42. The number of esters is 1. The van der Waals surface area contributed by atoms with Crippen molar-refractivity contribution in [3.63, 3.8) is 0 Å². The van der Waals surface area contributed by atoms with E-state index in [1.807, 2.05) is 0 Å². The number of hydrogen-bond donors (Lipinski definition) is 3. The van der Waals surface area contributed by atoms with Crippen molar-refractivity contribution < 1.29 is 41.1 Å². The smallest absolute Gasteiger partial charge is 0.416 e. The van der Waals surface area contributed by atoms with Crippen molar-refractivity contribution in [3.8, 4) is 0 Å². The molecular formula is C30H30F5N7O5. The van der Waals surface area contributed by atoms with Crippen LogP contribution in [0.2, 0.25) is 0 Å². The van der Waals surface area contributed by atoms with Crippen LogP contribution >= 0.6 is 0 Å². The van der Waals surface area contributed by atoms with E-state index in [0.29, 0.717) is 5.56 Å². The Morgan fingerprint density at radius 2 is 1.83 bits per heavy atom. The van der Waals surface area contributed by atoms with Gasteiger partial charge in [-0.2, -0.15) is 17.6 Å². The molecule has 0 bridgehead atoms. The van der Waals surface area contributed by atoms with Crippen LogP contribution in [0.15, 0.2) is 77.6 Å². The van der Waals surface area contributed by atoms with Crippen LogP contribution in [0, 0.1) is 5.82 Å². The number of likely N-dealkylation sites (N-methyl/N-ethyl adjacent to an activating group) is 1. The van der Waals surface area contributed by atoms with Crippen molar-refractivity contribution in [1.82, 2.24) is 30.4 Å². The van der Waals surface area contributed by atoms with Gasteiger partial charge in [-0.05, 0) is 24.6 Å². The van der Waals surface area contributed by atoms with Crippen molar-refractivity contribution in [1.29, 1.82) is 0 Å². The summed E-state index contributed by atoms with van der Waals surface area (Å²) >= 11 is 0. The van der Waals surface area contributed by atoms with Crippen LogP contribution in [0.3, 0.4) is 0 Å². The largest absolute Gasteiger partial charge is 0.447 e. The van der Waals surface area contributed by atoms with Gasteiger partial charge in [0.15, 0.2) is 0 Å². The van der Waals surface area contributed by atoms with Crippen molar-refractivity contribution in [2.45, 2.75) is 44.9 Å². The molecule has 3 N–H and O–H groups in total. The van der Waals surface area contributed by atoms with E-state index in [-0.39, 0.29) is 37.4 Å². The quantitative estimate of drug-likeness (QED) is 0.197. The second-order valence-corrected chi connectivity index (χ2v) is 10.4. The molecule has 0 aliphatic carbocycles. The molecule has 2 amide bonds. The van der Waals surface area contributed by atoms with Gasteiger partial charge in [0.1, 0.15) is 11.9 Å². The number of amides is 2. The topological polar surface area (TPSA) is 138 Å². The Labute approximate surface area is 264 Å². The SMILES string of the molecule is CC(=O)OC(C(=O)Nc1ccn(CC[C@H](F)CN2C=C(C(=O)NCc3cc(C(F)(F)F)ccn3)N(C)N2)c(=O)c1F)c1ccccc1. The van der Waals surface area contributed by atoms with E-state index in [2.05, 4.69) is 21.2 Å². The lowest BCUT2D eigenvalue weighted by atomic mass is 10.1. The molecular weight excluding hydrogens is 633 g/mol. The lowest BCUT2D eigenvalue weighted by molar-refractivity contribution is -0.152. The predicted octanol–water partition coefficient (Wildman–Crippen LogP) is 3.20. The first kappa shape index (κ1) is 34.6. The van der Waals surface area contributed by atoms with Gasteiger partial charge in [-0.15, -0.1) is 5.53 Å². The van der Waals surface area contributed by atoms with Crippen LogP contribution in [0.4, 0.5) is 27.6 Å². The monoisotopic (exact) mass is 663 g/mol. The molecule has 0 radical (unpaired) electrons. The molecule has 1 aromatic carbocycles. The van der Waals surface area contributed by atoms with Crippen LogP contribution in [0.25, 0.3) is 0 Å². The number of halogens is 5. The summed E-state index contributed by atoms with van der Waals surface area (Å²) in [6, 6.07) is 10.8. The predicted molar refractivity (Wildman–Crippen MR) is 157 cm³/mol. The van der Waals surface area contributed by atoms with Gasteiger partial charge in [-0.1, -0.05) is 30.3 Å². The molecule has 2 aromatic heterocycles. The number of aromatic nitrogens is 2. The fourth-order valence-electron chi connectivity index (χ4n) is 4.49. The minimum absolute atomic E-state index is 0.0106. The Hall–Kier alpha value is -5.32. The highest BCUT2D eigenvalue weighted by Gasteiger charge is 2.31. The van der Waals surface area contributed by atoms with E-state index >= 15 is 0 Å². The van der Waals surface area contributed by atoms with E-state index < -0.39 is 58.9 Å². The van der Waals surface area contributed by atoms with Crippen molar-refractivity contribution in [2.24, 2.45) is 0 Å². The molecule has 250 valence electrons. The van der Waals surface area contributed by atoms with Gasteiger partial charge < -0.3 is 19.9 Å². The summed E-state index contributed by atoms with van der Waals surface area (Å²) < 4.78 is 74.6. The van der Waals surface area contributed by atoms with Crippen LogP contribution in [-0.2, 0) is 38.4 Å². The number of hydrogen-bond acceptors (Lipinski definition) is 9. The average Bonchev–Trinajstić information content (AvgIpc) is 3.40. The van der Waals surface area contributed by atoms with Crippen LogP contribution in [-0.4, -0.2) is 57.1 Å². The fraction of sp³-hybridized carbons (Fsp3) is 0.300. The van der Waals surface area contributed by atoms with Crippen molar-refractivity contribution in [2.75, 3.05) is 18.9 Å². The van der Waals surface area contributed by atoms with Gasteiger partial charge in [0.05, 0.1) is 30.0 Å². The van der Waals surface area contributed by atoms with Crippen LogP contribution in [0.5, 0.6) is 0 Å². The number of anilines is 1. The van der Waals surface area contributed by atoms with Crippen molar-refractivity contribution in [3.05, 3.63) is 106 Å². The molecule has 1 unspecified atom stereocenters. The van der Waals surface area contributed by atoms with Gasteiger partial charge in [-0.3, -0.25) is 34.2 Å². The summed E-state index contributed by atoms with van der Waals surface area (Å²) in [5, 5.41) is 7.25. The number of carbonyl (C=O) groups excluding carboxylic acids is 3. The molecule has 4 rings (SSSR count). The Kier molecular flexibility index (Phi) is 10.9. The summed E-state index contributed by atoms with van der Waals surface area (Å²) in [7, 11) is 1.47. The third-order valence-corrected chi connectivity index (χ3v) is 6.79. The molecule has 3 heterocycles. The number of ether oxygens (including phenoxy) is 1. The number of alkyl halides is 4. The Morgan fingerprint density at radius 3 is 2.51 bits per heavy atom. The molecule has 1 aliphatic rings. The Bertz CT molecular complexity index is 1700. The molecule has 3 aromatic rings. The summed E-state index contributed by atoms with van der Waals surface area (Å²) in [4.78, 5) is 53.4. The standard InChI is InChI=1S/C30H30F5N7O5/c1-18(43)47-26(19-6-4-3-5-7-19)28(45)38-23-10-13-41(29(46)25(23)32)12-9-21(31)16-42-17-24(40(2)39-42)27(44)37-15-22-14-20(8-11-36-22)30(33,34)35/h3-8,10-11,13-14,17,21,26,39H,9,12,15-16H2,1-2H3,(H,37,44)(H,38,45)/t21-,26?/m0/s1. The van der Waals surface area contributed by atoms with E-state index in [1.54, 1.807) is 30.3 Å². The molecule has 17 heteroatoms. The fourth-order valence-corrected chi connectivity index (χ4v) is 4.49. The minimum Gasteiger partial charge on any atom is -0.447 e. The zero-order valence-electron chi connectivity index (χ0n) is 25.1. The van der Waals surface area contributed by atoms with E-state index in [9.17, 15) is 41.1 Å². The zero-order chi connectivity index (χ0) is 34.3. The maximum absolute atomic E-state index is 14.9. The number of aryl methyl sites for hydroxylation is 1. The summed E-state index contributed by atoms with van der Waals surface area (Å²) in [5.74, 6) is -3.59. The average molecular weight is 664 g/mol. The number of pyridine rings is 2. The van der Waals surface area contributed by atoms with E-state index in [0.717, 1.165) is 35.9 Å². The second-order valence-electron chi connectivity index (χ2n) is 10.4. The maximum atomic E-state index is 14.9. The molecule has 2 atom stereocenters. The zero-order valence-corrected chi connectivity index (χ0v) is 25.1. The van der Waals surface area contributed by atoms with E-state index in [4.69, 9.17) is 4.74 Å². The van der Waals surface area contributed by atoms with Crippen LogP contribution in [0.1, 0.15) is 36.3 Å². The Balaban J connectivity index is 1.31. The molecule has 0 spiro atoms. The van der Waals surface area contributed by atoms with Crippen molar-refractivity contribution >= 4 is 23.5 Å². The maximum Gasteiger partial charge on any atom is 0.416 e. The first-order valence-corrected chi connectivity index (χ1v) is 14.1. The third-order valence-electron chi connectivity index (χ3n) is 6.79. The summed E-state index contributed by atoms with van der Waals surface area (Å²) in [6.07, 6.45) is -4.29. The number of carbonyl (C=O) groups is 3. The molecule has 47 heavy (non-hydrogen) atoms. The highest BCUT2D eigenvalue weighted by Crippen LogP contribution is 2.29. The van der Waals surface area contributed by atoms with Gasteiger partial charge in [0, 0.05) is 44.7 Å². The van der Waals surface area contributed by atoms with Gasteiger partial charge in [0.25, 0.3) is 17.4 Å². The third kappa shape index (κ3) is 9.12. The number of rotatable bonds is 12. The normalized spacial score (nSPS) is 14.3. The summed E-state index contributed by atoms with van der Waals surface area (Å²) in [6.45, 7) is 0.321.